The summed E-state index contributed by atoms with van der Waals surface area (Å²) in [5, 5.41) is 0. The van der Waals surface area contributed by atoms with Crippen molar-refractivity contribution in [2.24, 2.45) is 0 Å². The number of quaternary nitrogens is 3. The monoisotopic (exact) mass is 312 g/mol. The molecule has 108 valence electrons. The molecular weight excluding hydrogens is 282 g/mol. The molecule has 1 saturated heterocycles. The Balaban J connectivity index is 2.91. The molecule has 0 amide bonds. The fraction of sp³-hybridized carbons (Fsp3) is 1.00. The van der Waals surface area contributed by atoms with E-state index < -0.39 is 29.5 Å². The van der Waals surface area contributed by atoms with E-state index in [1.807, 2.05) is 0 Å². The molecule has 1 aliphatic heterocycles. The maximum Gasteiger partial charge on any atom is 0.529 e. The molecule has 1 rings (SSSR count). The second-order valence-corrected chi connectivity index (χ2v) is 17.1. The Hall–Kier alpha value is 0.411. The van der Waals surface area contributed by atoms with Gasteiger partial charge in [0.15, 0.2) is 0 Å². The van der Waals surface area contributed by atoms with Gasteiger partial charge in [-0.1, -0.05) is 0 Å². The van der Waals surface area contributed by atoms with Crippen molar-refractivity contribution >= 4 is 29.5 Å². The minimum Gasteiger partial charge on any atom is -0.233 e. The zero-order chi connectivity index (χ0) is 13.9. The molecule has 0 unspecified atom stereocenters. The number of nitrogens with zero attached hydrogens (tertiary/aromatic N) is 3. The van der Waals surface area contributed by atoms with Crippen LogP contribution in [0.15, 0.2) is 0 Å². The van der Waals surface area contributed by atoms with Crippen molar-refractivity contribution in [3.63, 3.8) is 0 Å². The molecule has 0 bridgehead atoms. The summed E-state index contributed by atoms with van der Waals surface area (Å²) in [5.74, 6) is 0. The molecule has 1 heterocycles. The number of hydrogen-bond donors (Lipinski definition) is 0. The van der Waals surface area contributed by atoms with Crippen LogP contribution in [0, 0.1) is 0 Å². The molecule has 18 heavy (non-hydrogen) atoms. The summed E-state index contributed by atoms with van der Waals surface area (Å²) in [6, 6.07) is 0. The Labute approximate surface area is 118 Å². The highest BCUT2D eigenvalue weighted by Gasteiger charge is 2.58. The first-order valence-corrected chi connectivity index (χ1v) is 10.6. The first-order valence-electron chi connectivity index (χ1n) is 6.77. The summed E-state index contributed by atoms with van der Waals surface area (Å²) in [5.41, 5.74) is 0. The SMILES string of the molecule is CCO[N+]1(C)[SiH2][N+](C)(OCC)[SiH2][N+](C)(OCC)[SiH2]1. The zero-order valence-electron chi connectivity index (χ0n) is 12.8. The van der Waals surface area contributed by atoms with Crippen molar-refractivity contribution in [3.05, 3.63) is 0 Å². The van der Waals surface area contributed by atoms with Gasteiger partial charge in [0.25, 0.3) is 0 Å². The standard InChI is InChI=1S/C9H30N3O3Si3/c1-7-13-10(4)16-11(5,14-8-2)18-12(6,17-10)15-9-3/h7-9,16-18H2,1-6H3/q+3. The van der Waals surface area contributed by atoms with Gasteiger partial charge in [-0.2, -0.15) is 0 Å². The summed E-state index contributed by atoms with van der Waals surface area (Å²) >= 11 is 0. The van der Waals surface area contributed by atoms with E-state index in [2.05, 4.69) is 41.9 Å². The van der Waals surface area contributed by atoms with E-state index in [1.165, 1.54) is 0 Å². The van der Waals surface area contributed by atoms with Gasteiger partial charge in [0, 0.05) is 0 Å². The molecule has 0 N–H and O–H groups in total. The Morgan fingerprint density at radius 3 is 1.00 bits per heavy atom. The van der Waals surface area contributed by atoms with Crippen molar-refractivity contribution < 1.29 is 26.4 Å². The van der Waals surface area contributed by atoms with Crippen LogP contribution in [0.5, 0.6) is 0 Å². The van der Waals surface area contributed by atoms with Crippen LogP contribution in [-0.2, 0) is 14.5 Å². The molecule has 0 aliphatic carbocycles. The highest BCUT2D eigenvalue weighted by atomic mass is 28.4. The minimum atomic E-state index is -0.506. The second kappa shape index (κ2) is 6.24. The predicted octanol–water partition coefficient (Wildman–Crippen LogP) is -1.81. The van der Waals surface area contributed by atoms with Crippen LogP contribution >= 0.6 is 0 Å². The summed E-state index contributed by atoms with van der Waals surface area (Å²) in [4.78, 5) is 18.1. The average Bonchev–Trinajstić information content (AvgIpc) is 2.14. The Kier molecular flexibility index (Phi) is 5.71. The maximum atomic E-state index is 6.05. The number of hydroxylamine groups is 3. The van der Waals surface area contributed by atoms with Crippen molar-refractivity contribution in [2.75, 3.05) is 41.0 Å². The minimum absolute atomic E-state index is 0.506. The van der Waals surface area contributed by atoms with Gasteiger partial charge in [-0.15, -0.1) is 0 Å². The van der Waals surface area contributed by atoms with Gasteiger partial charge in [0.05, 0.1) is 41.0 Å². The lowest BCUT2D eigenvalue weighted by atomic mass is 10.9. The second-order valence-electron chi connectivity index (χ2n) is 5.57. The topological polar surface area (TPSA) is 27.7 Å². The normalized spacial score (nSPS) is 45.0. The molecule has 0 radical (unpaired) electrons. The highest BCUT2D eigenvalue weighted by Crippen LogP contribution is 2.21. The molecule has 9 heteroatoms. The van der Waals surface area contributed by atoms with Crippen LogP contribution in [-0.4, -0.2) is 82.4 Å². The van der Waals surface area contributed by atoms with Crippen molar-refractivity contribution in [2.45, 2.75) is 20.8 Å². The molecule has 1 fully saturated rings. The van der Waals surface area contributed by atoms with Crippen LogP contribution in [0.1, 0.15) is 20.8 Å². The van der Waals surface area contributed by atoms with Crippen LogP contribution in [0.3, 0.4) is 0 Å². The number of hydrogen-bond acceptors (Lipinski definition) is 3. The molecule has 0 spiro atoms. The third kappa shape index (κ3) is 4.21. The Morgan fingerprint density at radius 1 is 0.611 bits per heavy atom. The Morgan fingerprint density at radius 2 is 0.833 bits per heavy atom. The van der Waals surface area contributed by atoms with Gasteiger partial charge in [-0.05, 0) is 20.8 Å². The average molecular weight is 313 g/mol. The number of rotatable bonds is 6. The summed E-state index contributed by atoms with van der Waals surface area (Å²) in [6.07, 6.45) is 0. The molecule has 0 aromatic carbocycles. The lowest BCUT2D eigenvalue weighted by Crippen LogP contribution is -2.81. The third-order valence-corrected chi connectivity index (χ3v) is 11.4. The molecule has 6 nitrogen and oxygen atoms in total. The maximum absolute atomic E-state index is 6.05. The van der Waals surface area contributed by atoms with Crippen LogP contribution in [0.2, 0.25) is 0 Å². The fourth-order valence-electron chi connectivity index (χ4n) is 3.21. The van der Waals surface area contributed by atoms with E-state index >= 15 is 0 Å². The van der Waals surface area contributed by atoms with Gasteiger partial charge >= 0.3 is 29.5 Å². The van der Waals surface area contributed by atoms with Crippen molar-refractivity contribution in [3.8, 4) is 0 Å². The molecule has 0 atom stereocenters. The van der Waals surface area contributed by atoms with E-state index in [0.717, 1.165) is 31.8 Å². The molecular formula is C9H30N3O3Si3+3. The van der Waals surface area contributed by atoms with Crippen LogP contribution in [0.25, 0.3) is 0 Å². The molecule has 0 saturated carbocycles. The Bertz CT molecular complexity index is 234. The summed E-state index contributed by atoms with van der Waals surface area (Å²) in [7, 11) is 5.19. The zero-order valence-corrected chi connectivity index (χ0v) is 17.1. The van der Waals surface area contributed by atoms with Gasteiger partial charge in [-0.25, -0.2) is 26.4 Å². The lowest BCUT2D eigenvalue weighted by Gasteiger charge is -2.48. The largest absolute Gasteiger partial charge is 0.529 e. The van der Waals surface area contributed by atoms with Gasteiger partial charge < -0.3 is 0 Å². The van der Waals surface area contributed by atoms with Gasteiger partial charge in [0.1, 0.15) is 0 Å². The molecule has 0 aromatic heterocycles. The van der Waals surface area contributed by atoms with Crippen molar-refractivity contribution in [1.82, 2.24) is 0 Å². The van der Waals surface area contributed by atoms with Crippen molar-refractivity contribution in [1.29, 1.82) is 0 Å². The van der Waals surface area contributed by atoms with E-state index in [1.54, 1.807) is 0 Å². The smallest absolute Gasteiger partial charge is 0.233 e. The first-order chi connectivity index (χ1) is 8.30. The molecule has 1 aliphatic rings. The summed E-state index contributed by atoms with van der Waals surface area (Å²) < 4.78 is 2.45. The van der Waals surface area contributed by atoms with Gasteiger partial charge in [0.2, 0.25) is 0 Å². The van der Waals surface area contributed by atoms with Crippen LogP contribution in [0.4, 0.5) is 0 Å². The van der Waals surface area contributed by atoms with E-state index in [9.17, 15) is 0 Å². The highest BCUT2D eigenvalue weighted by molar-refractivity contribution is 6.46. The molecule has 0 aromatic rings. The fourth-order valence-corrected chi connectivity index (χ4v) is 19.8. The quantitative estimate of drug-likeness (QED) is 0.541. The van der Waals surface area contributed by atoms with E-state index in [0.29, 0.717) is 0 Å². The third-order valence-electron chi connectivity index (χ3n) is 3.12. The summed E-state index contributed by atoms with van der Waals surface area (Å²) in [6.45, 7) is 8.56. The lowest BCUT2D eigenvalue weighted by molar-refractivity contribution is -1.10. The van der Waals surface area contributed by atoms with Crippen LogP contribution < -0.4 is 0 Å². The first kappa shape index (κ1) is 16.5. The van der Waals surface area contributed by atoms with E-state index in [-0.39, 0.29) is 0 Å². The van der Waals surface area contributed by atoms with Gasteiger partial charge in [-0.3, -0.25) is 0 Å². The predicted molar refractivity (Wildman–Crippen MR) is 79.1 cm³/mol. The van der Waals surface area contributed by atoms with E-state index in [4.69, 9.17) is 14.5 Å².